The summed E-state index contributed by atoms with van der Waals surface area (Å²) in [6.07, 6.45) is 1.86. The summed E-state index contributed by atoms with van der Waals surface area (Å²) in [5.74, 6) is 1.79. The van der Waals surface area contributed by atoms with E-state index in [0.717, 1.165) is 24.3 Å². The Hall–Kier alpha value is -2.83. The molecule has 0 saturated carbocycles. The maximum atomic E-state index is 8.81. The lowest BCUT2D eigenvalue weighted by molar-refractivity contribution is 0.414. The van der Waals surface area contributed by atoms with Crippen LogP contribution in [0.4, 0.5) is 0 Å². The summed E-state index contributed by atoms with van der Waals surface area (Å²) >= 11 is 0. The smallest absolute Gasteiger partial charge is 0.198 e. The van der Waals surface area contributed by atoms with Gasteiger partial charge in [0.05, 0.1) is 14.2 Å². The number of rotatable bonds is 6. The third-order valence-corrected chi connectivity index (χ3v) is 4.60. The molecule has 5 nitrogen and oxygen atoms in total. The number of hydrogen-bond donors (Lipinski definition) is 2. The molecule has 154 valence electrons. The average Bonchev–Trinajstić information content (AvgIpc) is 2.71. The topological polar surface area (TPSA) is 78.6 Å². The van der Waals surface area contributed by atoms with E-state index in [1.165, 1.54) is 27.8 Å². The first-order valence-corrected chi connectivity index (χ1v) is 10.4. The van der Waals surface area contributed by atoms with Crippen LogP contribution >= 0.6 is 0 Å². The van der Waals surface area contributed by atoms with Gasteiger partial charge in [-0.3, -0.25) is 0 Å². The number of thiol groups is 1. The van der Waals surface area contributed by atoms with Gasteiger partial charge in [-0.25, -0.2) is 13.6 Å². The lowest BCUT2D eigenvalue weighted by Gasteiger charge is -2.14. The van der Waals surface area contributed by atoms with Gasteiger partial charge in [0.2, 0.25) is 0 Å². The molecular weight excluding hydrogens is 386 g/mol. The van der Waals surface area contributed by atoms with Crippen LogP contribution in [0, 0.1) is 6.92 Å². The van der Waals surface area contributed by atoms with Gasteiger partial charge in [0, 0.05) is 0 Å². The highest BCUT2D eigenvalue weighted by Crippen LogP contribution is 2.23. The molecule has 2 N–H and O–H groups in total. The molecule has 3 aromatic rings. The van der Waals surface area contributed by atoms with Crippen molar-refractivity contribution in [3.63, 3.8) is 0 Å². The Labute approximate surface area is 174 Å². The lowest BCUT2D eigenvalue weighted by atomic mass is 9.92. The fourth-order valence-corrected chi connectivity index (χ4v) is 3.09. The van der Waals surface area contributed by atoms with Crippen molar-refractivity contribution in [3.8, 4) is 11.5 Å². The van der Waals surface area contributed by atoms with Crippen molar-refractivity contribution >= 4 is 10.9 Å². The molecule has 0 aliphatic carbocycles. The van der Waals surface area contributed by atoms with E-state index < -0.39 is 10.9 Å². The van der Waals surface area contributed by atoms with Gasteiger partial charge in [0.25, 0.3) is 0 Å². The fraction of sp³-hybridized carbons (Fsp3) is 0.217. The predicted molar refractivity (Wildman–Crippen MR) is 117 cm³/mol. The summed E-state index contributed by atoms with van der Waals surface area (Å²) < 4.78 is 28.1. The summed E-state index contributed by atoms with van der Waals surface area (Å²) in [6.45, 7) is 2.19. The minimum atomic E-state index is -2.62. The number of nitrogens with two attached hydrogens (primary N) is 1. The highest BCUT2D eigenvalue weighted by atomic mass is 32.2. The first-order valence-electron chi connectivity index (χ1n) is 9.15. The van der Waals surface area contributed by atoms with E-state index in [1.807, 2.05) is 24.3 Å². The average molecular weight is 414 g/mol. The van der Waals surface area contributed by atoms with Crippen LogP contribution in [0.15, 0.2) is 66.7 Å². The third-order valence-electron chi connectivity index (χ3n) is 4.60. The Bertz CT molecular complexity index is 973. The Morgan fingerprint density at radius 2 is 1.21 bits per heavy atom. The van der Waals surface area contributed by atoms with Gasteiger partial charge in [-0.2, -0.15) is 0 Å². The van der Waals surface area contributed by atoms with E-state index in [-0.39, 0.29) is 0 Å². The summed E-state index contributed by atoms with van der Waals surface area (Å²) in [7, 11) is 0.774. The minimum absolute atomic E-state index is 0.895. The first kappa shape index (κ1) is 22.5. The van der Waals surface area contributed by atoms with Crippen molar-refractivity contribution in [2.24, 2.45) is 5.14 Å². The van der Waals surface area contributed by atoms with Crippen LogP contribution < -0.4 is 14.6 Å². The molecule has 0 radical (unpaired) electrons. The summed E-state index contributed by atoms with van der Waals surface area (Å²) in [4.78, 5) is 0. The predicted octanol–water partition coefficient (Wildman–Crippen LogP) is 3.67. The maximum Gasteiger partial charge on any atom is 0.198 e. The lowest BCUT2D eigenvalue weighted by Crippen LogP contribution is -2.00. The maximum absolute atomic E-state index is 8.81. The van der Waals surface area contributed by atoms with Crippen molar-refractivity contribution in [1.29, 1.82) is 0 Å². The zero-order valence-corrected chi connectivity index (χ0v) is 17.8. The van der Waals surface area contributed by atoms with Gasteiger partial charge in [-0.05, 0) is 71.8 Å². The second kappa shape index (κ2) is 11.2. The number of methoxy groups -OCH3 is 2. The van der Waals surface area contributed by atoms with Gasteiger partial charge < -0.3 is 9.47 Å². The van der Waals surface area contributed by atoms with Crippen molar-refractivity contribution in [2.75, 3.05) is 14.2 Å². The van der Waals surface area contributed by atoms with E-state index in [0.29, 0.717) is 0 Å². The monoisotopic (exact) mass is 413 g/mol. The van der Waals surface area contributed by atoms with Crippen LogP contribution in [0.1, 0.15) is 27.8 Å². The number of hydrogen-bond acceptors (Lipinski definition) is 4. The van der Waals surface area contributed by atoms with Crippen molar-refractivity contribution in [1.82, 2.24) is 0 Å². The summed E-state index contributed by atoms with van der Waals surface area (Å²) in [5.41, 5.74) is 6.71. The summed E-state index contributed by atoms with van der Waals surface area (Å²) in [6, 6.07) is 23.2. The first-order chi connectivity index (χ1) is 13.9. The molecule has 3 aromatic carbocycles. The zero-order valence-electron chi connectivity index (χ0n) is 16.9. The van der Waals surface area contributed by atoms with Gasteiger partial charge in [-0.1, -0.05) is 42.5 Å². The molecule has 0 aromatic heterocycles. The van der Waals surface area contributed by atoms with Crippen LogP contribution in [0.2, 0.25) is 0 Å². The standard InChI is InChI=1S/C23H24O2.H3NO2S/c1-17-5-4-6-20(15-18-7-11-21(24-2)12-8-18)23(17)16-19-9-13-22(25-3)14-10-19;1-4(2)3/h4-14H,15-16H2,1-3H3;4H,(H2,1,2,3). The van der Waals surface area contributed by atoms with E-state index in [9.17, 15) is 0 Å². The molecule has 0 amide bonds. The molecule has 0 fully saturated rings. The van der Waals surface area contributed by atoms with Crippen LogP contribution in [0.5, 0.6) is 11.5 Å². The quantitative estimate of drug-likeness (QED) is 0.605. The van der Waals surface area contributed by atoms with E-state index >= 15 is 0 Å². The molecule has 29 heavy (non-hydrogen) atoms. The minimum Gasteiger partial charge on any atom is -0.497 e. The highest BCUT2D eigenvalue weighted by Gasteiger charge is 2.08. The van der Waals surface area contributed by atoms with Gasteiger partial charge >= 0.3 is 0 Å². The molecular formula is C23H27NO4S. The Morgan fingerprint density at radius 1 is 0.759 bits per heavy atom. The van der Waals surface area contributed by atoms with Crippen molar-refractivity contribution in [3.05, 3.63) is 94.5 Å². The SMILES string of the molecule is COc1ccc(Cc2cccc(C)c2Cc2ccc(OC)cc2)cc1.N[SH](=O)=O. The fourth-order valence-electron chi connectivity index (χ4n) is 3.09. The highest BCUT2D eigenvalue weighted by molar-refractivity contribution is 7.69. The molecule has 0 atom stereocenters. The van der Waals surface area contributed by atoms with Crippen LogP contribution in [0.25, 0.3) is 0 Å². The second-order valence-electron chi connectivity index (χ2n) is 6.55. The molecule has 0 bridgehead atoms. The molecule has 3 rings (SSSR count). The van der Waals surface area contributed by atoms with Crippen LogP contribution in [0.3, 0.4) is 0 Å². The number of aryl methyl sites for hydroxylation is 1. The third kappa shape index (κ3) is 7.25. The number of ether oxygens (including phenoxy) is 2. The normalized spacial score (nSPS) is 10.2. The molecule has 0 aliphatic heterocycles. The molecule has 0 heterocycles. The van der Waals surface area contributed by atoms with Crippen molar-refractivity contribution < 1.29 is 17.9 Å². The molecule has 0 unspecified atom stereocenters. The Morgan fingerprint density at radius 3 is 1.66 bits per heavy atom. The van der Waals surface area contributed by atoms with Gasteiger partial charge in [0.1, 0.15) is 11.5 Å². The van der Waals surface area contributed by atoms with Gasteiger partial charge in [-0.15, -0.1) is 0 Å². The Balaban J connectivity index is 0.000000687. The van der Waals surface area contributed by atoms with Gasteiger partial charge in [0.15, 0.2) is 10.9 Å². The van der Waals surface area contributed by atoms with Crippen LogP contribution in [-0.4, -0.2) is 22.6 Å². The summed E-state index contributed by atoms with van der Waals surface area (Å²) in [5, 5.41) is 4.06. The second-order valence-corrected chi connectivity index (χ2v) is 7.12. The van der Waals surface area contributed by atoms with E-state index in [4.69, 9.17) is 17.9 Å². The van der Waals surface area contributed by atoms with Crippen LogP contribution in [-0.2, 0) is 23.7 Å². The molecule has 6 heteroatoms. The molecule has 0 spiro atoms. The van der Waals surface area contributed by atoms with E-state index in [2.05, 4.69) is 54.5 Å². The number of benzene rings is 3. The molecule has 0 aliphatic rings. The van der Waals surface area contributed by atoms with E-state index in [1.54, 1.807) is 14.2 Å². The van der Waals surface area contributed by atoms with Crippen molar-refractivity contribution in [2.45, 2.75) is 19.8 Å². The zero-order chi connectivity index (χ0) is 21.2. The Kier molecular flexibility index (Phi) is 8.70. The largest absolute Gasteiger partial charge is 0.497 e. The molecule has 0 saturated heterocycles.